The average molecular weight is 292 g/mol. The zero-order valence-corrected chi connectivity index (χ0v) is 13.2. The van der Waals surface area contributed by atoms with Crippen LogP contribution in [-0.4, -0.2) is 43.5 Å². The molecule has 0 bridgehead atoms. The maximum absolute atomic E-state index is 12.4. The van der Waals surface area contributed by atoms with Crippen molar-refractivity contribution in [3.05, 3.63) is 30.3 Å². The van der Waals surface area contributed by atoms with Gasteiger partial charge in [0.15, 0.2) is 0 Å². The molecule has 0 atom stereocenters. The highest BCUT2D eigenvalue weighted by atomic mass is 16.5. The van der Waals surface area contributed by atoms with Gasteiger partial charge in [0.05, 0.1) is 19.1 Å². The molecule has 5 heteroatoms. The van der Waals surface area contributed by atoms with E-state index in [1.807, 2.05) is 56.0 Å². The van der Waals surface area contributed by atoms with Crippen LogP contribution in [0.3, 0.4) is 0 Å². The van der Waals surface area contributed by atoms with Crippen LogP contribution in [-0.2, 0) is 14.3 Å². The van der Waals surface area contributed by atoms with Crippen LogP contribution in [0.5, 0.6) is 0 Å². The number of benzene rings is 1. The zero-order chi connectivity index (χ0) is 15.9. The molecule has 0 saturated carbocycles. The zero-order valence-electron chi connectivity index (χ0n) is 13.2. The first-order valence-electron chi connectivity index (χ1n) is 7.04. The number of carbonyl (C=O) groups is 2. The van der Waals surface area contributed by atoms with Gasteiger partial charge in [-0.2, -0.15) is 0 Å². The highest BCUT2D eigenvalue weighted by Gasteiger charge is 2.30. The Kier molecular flexibility index (Phi) is 6.37. The van der Waals surface area contributed by atoms with Crippen molar-refractivity contribution < 1.29 is 14.3 Å². The largest absolute Gasteiger partial charge is 0.468 e. The molecule has 1 aromatic rings. The van der Waals surface area contributed by atoms with Crippen molar-refractivity contribution in [2.45, 2.75) is 20.8 Å². The number of amides is 1. The van der Waals surface area contributed by atoms with E-state index in [2.05, 4.69) is 10.1 Å². The minimum Gasteiger partial charge on any atom is -0.468 e. The Bertz CT molecular complexity index is 472. The molecule has 0 spiro atoms. The number of rotatable bonds is 7. The fourth-order valence-corrected chi connectivity index (χ4v) is 1.98. The third-order valence-electron chi connectivity index (χ3n) is 3.29. The smallest absolute Gasteiger partial charge is 0.319 e. The predicted molar refractivity (Wildman–Crippen MR) is 83.0 cm³/mol. The summed E-state index contributed by atoms with van der Waals surface area (Å²) in [4.78, 5) is 25.6. The fourth-order valence-electron chi connectivity index (χ4n) is 1.98. The molecule has 0 heterocycles. The van der Waals surface area contributed by atoms with E-state index in [0.29, 0.717) is 13.1 Å². The van der Waals surface area contributed by atoms with Crippen molar-refractivity contribution in [3.8, 4) is 0 Å². The van der Waals surface area contributed by atoms with Crippen molar-refractivity contribution in [3.63, 3.8) is 0 Å². The highest BCUT2D eigenvalue weighted by Crippen LogP contribution is 2.20. The van der Waals surface area contributed by atoms with E-state index in [1.165, 1.54) is 7.11 Å². The van der Waals surface area contributed by atoms with E-state index >= 15 is 0 Å². The average Bonchev–Trinajstić information content (AvgIpc) is 2.47. The summed E-state index contributed by atoms with van der Waals surface area (Å²) in [6.07, 6.45) is 0. The monoisotopic (exact) mass is 292 g/mol. The molecule has 0 aliphatic carbocycles. The van der Waals surface area contributed by atoms with Gasteiger partial charge in [-0.1, -0.05) is 25.1 Å². The Labute approximate surface area is 126 Å². The summed E-state index contributed by atoms with van der Waals surface area (Å²) < 4.78 is 4.67. The van der Waals surface area contributed by atoms with E-state index in [4.69, 9.17) is 0 Å². The topological polar surface area (TPSA) is 58.6 Å². The van der Waals surface area contributed by atoms with Crippen LogP contribution in [0.25, 0.3) is 0 Å². The predicted octanol–water partition coefficient (Wildman–Crippen LogP) is 2.15. The van der Waals surface area contributed by atoms with Gasteiger partial charge in [0, 0.05) is 12.2 Å². The summed E-state index contributed by atoms with van der Waals surface area (Å²) in [5.41, 5.74) is 0.159. The third kappa shape index (κ3) is 5.55. The maximum atomic E-state index is 12.4. The Morgan fingerprint density at radius 2 is 1.86 bits per heavy atom. The molecule has 1 rings (SSSR count). The van der Waals surface area contributed by atoms with E-state index < -0.39 is 5.41 Å². The van der Waals surface area contributed by atoms with Crippen LogP contribution < -0.4 is 5.32 Å². The lowest BCUT2D eigenvalue weighted by Crippen LogP contribution is -2.44. The van der Waals surface area contributed by atoms with Gasteiger partial charge >= 0.3 is 5.97 Å². The normalized spacial score (nSPS) is 11.3. The molecule has 0 radical (unpaired) electrons. The second-order valence-corrected chi connectivity index (χ2v) is 5.58. The number of hydrogen-bond acceptors (Lipinski definition) is 4. The molecule has 21 heavy (non-hydrogen) atoms. The minimum absolute atomic E-state index is 0.0722. The quantitative estimate of drug-likeness (QED) is 0.782. The molecule has 0 aliphatic rings. The fraction of sp³-hybridized carbons (Fsp3) is 0.500. The number of nitrogens with zero attached hydrogens (tertiary/aromatic N) is 1. The maximum Gasteiger partial charge on any atom is 0.319 e. The first-order chi connectivity index (χ1) is 9.89. The lowest BCUT2D eigenvalue weighted by atomic mass is 9.91. The van der Waals surface area contributed by atoms with Crippen molar-refractivity contribution in [2.75, 3.05) is 32.1 Å². The number of anilines is 1. The molecule has 1 aromatic carbocycles. The molecule has 0 fully saturated rings. The molecule has 0 aromatic heterocycles. The van der Waals surface area contributed by atoms with Gasteiger partial charge in [0.25, 0.3) is 0 Å². The summed E-state index contributed by atoms with van der Waals surface area (Å²) in [7, 11) is 1.36. The van der Waals surface area contributed by atoms with Gasteiger partial charge in [-0.15, -0.1) is 0 Å². The summed E-state index contributed by atoms with van der Waals surface area (Å²) in [6, 6.07) is 9.34. The number of likely N-dealkylation sites (N-methyl/N-ethyl adjacent to an activating group) is 1. The van der Waals surface area contributed by atoms with Crippen LogP contribution in [0.4, 0.5) is 5.69 Å². The molecular formula is C16H24N2O3. The molecular weight excluding hydrogens is 268 g/mol. The molecule has 1 N–H and O–H groups in total. The number of nitrogens with one attached hydrogen (secondary N) is 1. The Balaban J connectivity index is 2.65. The SMILES string of the molecule is CCN(CC(=O)OC)CC(C)(C)C(=O)Nc1ccccc1. The number of methoxy groups -OCH3 is 1. The van der Waals surface area contributed by atoms with Crippen molar-refractivity contribution >= 4 is 17.6 Å². The van der Waals surface area contributed by atoms with Gasteiger partial charge in [-0.3, -0.25) is 14.5 Å². The number of carbonyl (C=O) groups excluding carboxylic acids is 2. The lowest BCUT2D eigenvalue weighted by molar-refractivity contribution is -0.142. The Morgan fingerprint density at radius 3 is 2.38 bits per heavy atom. The van der Waals surface area contributed by atoms with Crippen LogP contribution in [0.2, 0.25) is 0 Å². The van der Waals surface area contributed by atoms with E-state index in [0.717, 1.165) is 5.69 Å². The third-order valence-corrected chi connectivity index (χ3v) is 3.29. The summed E-state index contributed by atoms with van der Waals surface area (Å²) >= 11 is 0. The van der Waals surface area contributed by atoms with Gasteiger partial charge in [-0.05, 0) is 32.5 Å². The first-order valence-corrected chi connectivity index (χ1v) is 7.04. The second kappa shape index (κ2) is 7.78. The Hall–Kier alpha value is -1.88. The summed E-state index contributed by atoms with van der Waals surface area (Å²) in [5.74, 6) is -0.367. The number of para-hydroxylation sites is 1. The van der Waals surface area contributed by atoms with E-state index in [9.17, 15) is 9.59 Å². The Morgan fingerprint density at radius 1 is 1.24 bits per heavy atom. The molecule has 0 unspecified atom stereocenters. The van der Waals surface area contributed by atoms with Gasteiger partial charge in [0.2, 0.25) is 5.91 Å². The van der Waals surface area contributed by atoms with Crippen LogP contribution in [0, 0.1) is 5.41 Å². The molecule has 0 saturated heterocycles. The van der Waals surface area contributed by atoms with Crippen molar-refractivity contribution in [1.29, 1.82) is 0 Å². The standard InChI is InChI=1S/C16H24N2O3/c1-5-18(11-14(19)21-4)12-16(2,3)15(20)17-13-9-7-6-8-10-13/h6-10H,5,11-12H2,1-4H3,(H,17,20). The summed E-state index contributed by atoms with van der Waals surface area (Å²) in [5, 5.41) is 2.90. The van der Waals surface area contributed by atoms with Crippen molar-refractivity contribution in [2.24, 2.45) is 5.41 Å². The second-order valence-electron chi connectivity index (χ2n) is 5.58. The van der Waals surface area contributed by atoms with Gasteiger partial charge in [-0.25, -0.2) is 0 Å². The van der Waals surface area contributed by atoms with Crippen molar-refractivity contribution in [1.82, 2.24) is 4.90 Å². The van der Waals surface area contributed by atoms with Gasteiger partial charge < -0.3 is 10.1 Å². The van der Waals surface area contributed by atoms with E-state index in [1.54, 1.807) is 0 Å². The lowest BCUT2D eigenvalue weighted by Gasteiger charge is -2.30. The number of hydrogen-bond donors (Lipinski definition) is 1. The summed E-state index contributed by atoms with van der Waals surface area (Å²) in [6.45, 7) is 7.04. The molecule has 0 aliphatic heterocycles. The van der Waals surface area contributed by atoms with E-state index in [-0.39, 0.29) is 18.4 Å². The number of ether oxygens (including phenoxy) is 1. The van der Waals surface area contributed by atoms with Crippen LogP contribution in [0.1, 0.15) is 20.8 Å². The van der Waals surface area contributed by atoms with Gasteiger partial charge in [0.1, 0.15) is 0 Å². The highest BCUT2D eigenvalue weighted by molar-refractivity contribution is 5.95. The van der Waals surface area contributed by atoms with Crippen LogP contribution in [0.15, 0.2) is 30.3 Å². The molecule has 116 valence electrons. The molecule has 1 amide bonds. The minimum atomic E-state index is -0.611. The molecule has 5 nitrogen and oxygen atoms in total. The number of esters is 1. The van der Waals surface area contributed by atoms with Crippen LogP contribution >= 0.6 is 0 Å². The first kappa shape index (κ1) is 17.2.